The summed E-state index contributed by atoms with van der Waals surface area (Å²) in [6.45, 7) is -0.674. The Morgan fingerprint density at radius 2 is 1.73 bits per heavy atom. The first-order valence-electron chi connectivity index (χ1n) is 7.07. The Kier molecular flexibility index (Phi) is 5.57. The van der Waals surface area contributed by atoms with E-state index in [1.807, 2.05) is 47.2 Å². The normalized spacial score (nSPS) is 11.6. The molecule has 2 aromatic rings. The summed E-state index contributed by atoms with van der Waals surface area (Å²) in [5.41, 5.74) is 0.717. The molecule has 0 aliphatic rings. The van der Waals surface area contributed by atoms with Crippen molar-refractivity contribution in [3.05, 3.63) is 48.3 Å². The minimum atomic E-state index is -1.10. The maximum absolute atomic E-state index is 9.36. The fraction of sp³-hybridized carbons (Fsp3) is 0.375. The second-order valence-electron chi connectivity index (χ2n) is 5.15. The standard InChI is InChI=1S/C16H22N2O4/c1-22-15-7-3-2-6-14(15)18-8-4-5-13(18)9-17-16(10-19,11-20)12-21/h2-8,17,19-21H,9-12H2,1H3. The molecule has 0 radical (unpaired) electrons. The van der Waals surface area contributed by atoms with Gasteiger partial charge in [0.05, 0.1) is 38.2 Å². The third-order valence-electron chi connectivity index (χ3n) is 3.73. The molecular formula is C16H22N2O4. The Balaban J connectivity index is 2.23. The van der Waals surface area contributed by atoms with Gasteiger partial charge in [-0.3, -0.25) is 5.32 Å². The topological polar surface area (TPSA) is 86.9 Å². The van der Waals surface area contributed by atoms with Crippen LogP contribution in [0.5, 0.6) is 5.75 Å². The summed E-state index contributed by atoms with van der Waals surface area (Å²) < 4.78 is 7.33. The van der Waals surface area contributed by atoms with Crippen LogP contribution in [0.2, 0.25) is 0 Å². The number of ether oxygens (including phenoxy) is 1. The van der Waals surface area contributed by atoms with Gasteiger partial charge in [-0.2, -0.15) is 0 Å². The number of aliphatic hydroxyl groups is 3. The quantitative estimate of drug-likeness (QED) is 0.563. The summed E-state index contributed by atoms with van der Waals surface area (Å²) in [5, 5.41) is 31.1. The number of hydrogen-bond acceptors (Lipinski definition) is 5. The van der Waals surface area contributed by atoms with Crippen molar-refractivity contribution in [2.45, 2.75) is 12.1 Å². The van der Waals surface area contributed by atoms with Gasteiger partial charge in [-0.1, -0.05) is 12.1 Å². The van der Waals surface area contributed by atoms with E-state index in [2.05, 4.69) is 5.32 Å². The molecule has 1 heterocycles. The van der Waals surface area contributed by atoms with Crippen LogP contribution >= 0.6 is 0 Å². The highest BCUT2D eigenvalue weighted by molar-refractivity contribution is 5.48. The average Bonchev–Trinajstić information content (AvgIpc) is 3.05. The second-order valence-corrected chi connectivity index (χ2v) is 5.15. The molecular weight excluding hydrogens is 284 g/mol. The van der Waals surface area contributed by atoms with Crippen molar-refractivity contribution < 1.29 is 20.1 Å². The highest BCUT2D eigenvalue weighted by Crippen LogP contribution is 2.24. The number of benzene rings is 1. The van der Waals surface area contributed by atoms with Gasteiger partial charge in [-0.15, -0.1) is 0 Å². The Bertz CT molecular complexity index is 585. The summed E-state index contributed by atoms with van der Waals surface area (Å²) in [6.07, 6.45) is 1.91. The maximum atomic E-state index is 9.36. The fourth-order valence-electron chi connectivity index (χ4n) is 2.22. The van der Waals surface area contributed by atoms with E-state index in [1.165, 1.54) is 0 Å². The van der Waals surface area contributed by atoms with E-state index >= 15 is 0 Å². The third kappa shape index (κ3) is 3.31. The molecule has 0 spiro atoms. The SMILES string of the molecule is COc1ccccc1-n1cccc1CNC(CO)(CO)CO. The second kappa shape index (κ2) is 7.42. The van der Waals surface area contributed by atoms with Crippen LogP contribution in [0.3, 0.4) is 0 Å². The molecule has 0 bridgehead atoms. The lowest BCUT2D eigenvalue weighted by Crippen LogP contribution is -2.54. The smallest absolute Gasteiger partial charge is 0.142 e. The van der Waals surface area contributed by atoms with Crippen LogP contribution in [-0.2, 0) is 6.54 Å². The molecule has 6 heteroatoms. The molecule has 0 aliphatic heterocycles. The number of aromatic nitrogens is 1. The summed E-state index contributed by atoms with van der Waals surface area (Å²) in [7, 11) is 1.62. The maximum Gasteiger partial charge on any atom is 0.142 e. The lowest BCUT2D eigenvalue weighted by molar-refractivity contribution is 0.0411. The zero-order valence-electron chi connectivity index (χ0n) is 12.6. The first-order valence-corrected chi connectivity index (χ1v) is 7.07. The Hall–Kier alpha value is -1.86. The first kappa shape index (κ1) is 16.5. The number of para-hydroxylation sites is 2. The predicted molar refractivity (Wildman–Crippen MR) is 83.1 cm³/mol. The van der Waals surface area contributed by atoms with Gasteiger partial charge >= 0.3 is 0 Å². The van der Waals surface area contributed by atoms with Crippen LogP contribution < -0.4 is 10.1 Å². The van der Waals surface area contributed by atoms with Crippen LogP contribution in [0, 0.1) is 0 Å². The van der Waals surface area contributed by atoms with Gasteiger partial charge in [0.1, 0.15) is 5.75 Å². The molecule has 120 valence electrons. The molecule has 0 amide bonds. The van der Waals surface area contributed by atoms with E-state index in [0.717, 1.165) is 17.1 Å². The van der Waals surface area contributed by atoms with E-state index in [0.29, 0.717) is 6.54 Å². The summed E-state index contributed by atoms with van der Waals surface area (Å²) in [5.74, 6) is 0.748. The summed E-state index contributed by atoms with van der Waals surface area (Å²) in [6, 6.07) is 11.5. The highest BCUT2D eigenvalue weighted by atomic mass is 16.5. The molecule has 0 saturated carbocycles. The van der Waals surface area contributed by atoms with E-state index in [1.54, 1.807) is 7.11 Å². The molecule has 1 aromatic carbocycles. The van der Waals surface area contributed by atoms with Crippen molar-refractivity contribution in [2.24, 2.45) is 0 Å². The zero-order valence-corrected chi connectivity index (χ0v) is 12.6. The molecule has 1 aromatic heterocycles. The van der Waals surface area contributed by atoms with Gasteiger partial charge < -0.3 is 24.6 Å². The lowest BCUT2D eigenvalue weighted by Gasteiger charge is -2.29. The minimum Gasteiger partial charge on any atom is -0.495 e. The molecule has 6 nitrogen and oxygen atoms in total. The van der Waals surface area contributed by atoms with Gasteiger partial charge in [0, 0.05) is 18.4 Å². The third-order valence-corrected chi connectivity index (χ3v) is 3.73. The lowest BCUT2D eigenvalue weighted by atomic mass is 10.0. The van der Waals surface area contributed by atoms with Crippen LogP contribution in [0.15, 0.2) is 42.6 Å². The number of methoxy groups -OCH3 is 1. The van der Waals surface area contributed by atoms with Crippen molar-refractivity contribution in [1.29, 1.82) is 0 Å². The van der Waals surface area contributed by atoms with Crippen molar-refractivity contribution >= 4 is 0 Å². The van der Waals surface area contributed by atoms with Crippen molar-refractivity contribution in [1.82, 2.24) is 9.88 Å². The van der Waals surface area contributed by atoms with Gasteiger partial charge in [0.25, 0.3) is 0 Å². The number of nitrogens with zero attached hydrogens (tertiary/aromatic N) is 1. The summed E-state index contributed by atoms with van der Waals surface area (Å²) >= 11 is 0. The fourth-order valence-corrected chi connectivity index (χ4v) is 2.22. The number of hydrogen-bond donors (Lipinski definition) is 4. The van der Waals surface area contributed by atoms with E-state index in [-0.39, 0.29) is 19.8 Å². The van der Waals surface area contributed by atoms with Crippen LogP contribution in [0.4, 0.5) is 0 Å². The largest absolute Gasteiger partial charge is 0.495 e. The molecule has 0 aliphatic carbocycles. The van der Waals surface area contributed by atoms with E-state index in [9.17, 15) is 15.3 Å². The van der Waals surface area contributed by atoms with Gasteiger partial charge in [0.15, 0.2) is 0 Å². The molecule has 0 saturated heterocycles. The van der Waals surface area contributed by atoms with E-state index < -0.39 is 5.54 Å². The molecule has 0 fully saturated rings. The van der Waals surface area contributed by atoms with Gasteiger partial charge in [-0.05, 0) is 24.3 Å². The number of nitrogens with one attached hydrogen (secondary N) is 1. The first-order chi connectivity index (χ1) is 10.7. The monoisotopic (exact) mass is 306 g/mol. The van der Waals surface area contributed by atoms with Crippen molar-refractivity contribution in [3.8, 4) is 11.4 Å². The Morgan fingerprint density at radius 1 is 1.05 bits per heavy atom. The van der Waals surface area contributed by atoms with Crippen LogP contribution in [0.1, 0.15) is 5.69 Å². The number of aliphatic hydroxyl groups excluding tert-OH is 3. The van der Waals surface area contributed by atoms with Crippen LogP contribution in [0.25, 0.3) is 5.69 Å². The summed E-state index contributed by atoms with van der Waals surface area (Å²) in [4.78, 5) is 0. The van der Waals surface area contributed by atoms with E-state index in [4.69, 9.17) is 4.74 Å². The average molecular weight is 306 g/mol. The Morgan fingerprint density at radius 3 is 2.36 bits per heavy atom. The molecule has 4 N–H and O–H groups in total. The molecule has 0 unspecified atom stereocenters. The predicted octanol–water partition coefficient (Wildman–Crippen LogP) is 0.291. The Labute approximate surface area is 129 Å². The highest BCUT2D eigenvalue weighted by Gasteiger charge is 2.27. The minimum absolute atomic E-state index is 0.352. The van der Waals surface area contributed by atoms with Gasteiger partial charge in [0.2, 0.25) is 0 Å². The van der Waals surface area contributed by atoms with Crippen molar-refractivity contribution in [2.75, 3.05) is 26.9 Å². The molecule has 0 atom stereocenters. The van der Waals surface area contributed by atoms with Gasteiger partial charge in [-0.25, -0.2) is 0 Å². The van der Waals surface area contributed by atoms with Crippen LogP contribution in [-0.4, -0.2) is 52.4 Å². The molecule has 2 rings (SSSR count). The molecule has 22 heavy (non-hydrogen) atoms. The van der Waals surface area contributed by atoms with Crippen molar-refractivity contribution in [3.63, 3.8) is 0 Å². The number of rotatable bonds is 8. The zero-order chi connectivity index (χ0) is 16.0.